The van der Waals surface area contributed by atoms with Gasteiger partial charge in [-0.15, -0.1) is 13.2 Å². The number of nitrogens with zero attached hydrogens (tertiary/aromatic N) is 2. The first-order chi connectivity index (χ1) is 13.4. The molecule has 0 aliphatic carbocycles. The molecule has 0 fully saturated rings. The summed E-state index contributed by atoms with van der Waals surface area (Å²) in [5.41, 5.74) is 2.22. The maximum Gasteiger partial charge on any atom is 0.573 e. The first-order valence-electron chi connectivity index (χ1n) is 8.38. The second kappa shape index (κ2) is 6.88. The number of halogens is 3. The SMILES string of the molecule is O=C1c2cccnc2[C@@H](Nc2ccc(OC(F)(F)F)cc2)N1c1ccccc1. The van der Waals surface area contributed by atoms with Gasteiger partial charge >= 0.3 is 6.36 Å². The van der Waals surface area contributed by atoms with Crippen LogP contribution in [0, 0.1) is 0 Å². The van der Waals surface area contributed by atoms with Crippen LogP contribution in [0.4, 0.5) is 24.5 Å². The standard InChI is InChI=1S/C20H14F3N3O2/c21-20(22,23)28-15-10-8-13(9-11-15)25-18-17-16(7-4-12-24-17)19(27)26(18)14-5-2-1-3-6-14/h1-12,18,25H/t18-/m0/s1. The fourth-order valence-corrected chi connectivity index (χ4v) is 3.08. The molecule has 0 radical (unpaired) electrons. The van der Waals surface area contributed by atoms with Crippen LogP contribution < -0.4 is 15.0 Å². The number of pyridine rings is 1. The van der Waals surface area contributed by atoms with Crippen molar-refractivity contribution in [1.29, 1.82) is 0 Å². The minimum atomic E-state index is -4.75. The number of hydrogen-bond donors (Lipinski definition) is 1. The zero-order chi connectivity index (χ0) is 19.7. The molecule has 1 aromatic heterocycles. The summed E-state index contributed by atoms with van der Waals surface area (Å²) in [7, 11) is 0. The highest BCUT2D eigenvalue weighted by Crippen LogP contribution is 2.37. The summed E-state index contributed by atoms with van der Waals surface area (Å²) in [6.07, 6.45) is -3.75. The summed E-state index contributed by atoms with van der Waals surface area (Å²) in [6.45, 7) is 0. The molecule has 3 aromatic rings. The molecule has 0 spiro atoms. The Morgan fingerprint density at radius 1 is 0.964 bits per heavy atom. The number of amides is 1. The van der Waals surface area contributed by atoms with Crippen molar-refractivity contribution in [1.82, 2.24) is 4.98 Å². The zero-order valence-electron chi connectivity index (χ0n) is 14.4. The predicted octanol–water partition coefficient (Wildman–Crippen LogP) is 4.75. The minimum Gasteiger partial charge on any atom is -0.406 e. The van der Waals surface area contributed by atoms with Crippen LogP contribution in [-0.2, 0) is 0 Å². The van der Waals surface area contributed by atoms with E-state index in [1.165, 1.54) is 24.3 Å². The van der Waals surface area contributed by atoms with E-state index in [4.69, 9.17) is 0 Å². The highest BCUT2D eigenvalue weighted by atomic mass is 19.4. The molecule has 4 rings (SSSR count). The number of ether oxygens (including phenoxy) is 1. The minimum absolute atomic E-state index is 0.205. The van der Waals surface area contributed by atoms with Crippen LogP contribution in [0.1, 0.15) is 22.2 Å². The van der Waals surface area contributed by atoms with Crippen LogP contribution in [0.5, 0.6) is 5.75 Å². The van der Waals surface area contributed by atoms with Crippen molar-refractivity contribution in [3.05, 3.63) is 84.2 Å². The molecule has 142 valence electrons. The Morgan fingerprint density at radius 3 is 2.36 bits per heavy atom. The zero-order valence-corrected chi connectivity index (χ0v) is 14.4. The number of nitrogens with one attached hydrogen (secondary N) is 1. The van der Waals surface area contributed by atoms with E-state index >= 15 is 0 Å². The van der Waals surface area contributed by atoms with Gasteiger partial charge in [0.05, 0.1) is 11.3 Å². The lowest BCUT2D eigenvalue weighted by Crippen LogP contribution is -2.32. The van der Waals surface area contributed by atoms with Gasteiger partial charge in [-0.25, -0.2) is 0 Å². The van der Waals surface area contributed by atoms with Crippen molar-refractivity contribution in [3.8, 4) is 5.75 Å². The van der Waals surface area contributed by atoms with Crippen LogP contribution in [0.3, 0.4) is 0 Å². The number of rotatable bonds is 4. The van der Waals surface area contributed by atoms with Crippen LogP contribution in [0.25, 0.3) is 0 Å². The van der Waals surface area contributed by atoms with E-state index in [0.29, 0.717) is 22.6 Å². The van der Waals surface area contributed by atoms with Gasteiger partial charge in [-0.1, -0.05) is 18.2 Å². The molecule has 1 aliphatic heterocycles. The second-order valence-electron chi connectivity index (χ2n) is 6.07. The van der Waals surface area contributed by atoms with Gasteiger partial charge in [0.1, 0.15) is 5.75 Å². The van der Waals surface area contributed by atoms with Crippen LogP contribution in [0.15, 0.2) is 72.9 Å². The Kier molecular flexibility index (Phi) is 4.38. The van der Waals surface area contributed by atoms with E-state index in [2.05, 4.69) is 15.0 Å². The fraction of sp³-hybridized carbons (Fsp3) is 0.100. The van der Waals surface area contributed by atoms with Crippen LogP contribution in [-0.4, -0.2) is 17.3 Å². The van der Waals surface area contributed by atoms with E-state index in [9.17, 15) is 18.0 Å². The molecule has 8 heteroatoms. The number of aromatic nitrogens is 1. The van der Waals surface area contributed by atoms with Crippen molar-refractivity contribution >= 4 is 17.3 Å². The van der Waals surface area contributed by atoms with E-state index in [1.54, 1.807) is 35.4 Å². The van der Waals surface area contributed by atoms with Crippen molar-refractivity contribution in [2.45, 2.75) is 12.5 Å². The fourth-order valence-electron chi connectivity index (χ4n) is 3.08. The van der Waals surface area contributed by atoms with Crippen LogP contribution >= 0.6 is 0 Å². The molecule has 0 saturated carbocycles. The molecular weight excluding hydrogens is 371 g/mol. The van der Waals surface area contributed by atoms with Gasteiger partial charge < -0.3 is 10.1 Å². The Balaban J connectivity index is 1.65. The smallest absolute Gasteiger partial charge is 0.406 e. The molecule has 2 aromatic carbocycles. The largest absolute Gasteiger partial charge is 0.573 e. The third kappa shape index (κ3) is 3.48. The molecule has 1 atom stereocenters. The number of para-hydroxylation sites is 1. The number of carbonyl (C=O) groups is 1. The molecular formula is C20H14F3N3O2. The number of alkyl halides is 3. The maximum atomic E-state index is 12.9. The van der Waals surface area contributed by atoms with E-state index in [-0.39, 0.29) is 11.7 Å². The lowest BCUT2D eigenvalue weighted by Gasteiger charge is -2.26. The van der Waals surface area contributed by atoms with Gasteiger partial charge in [-0.2, -0.15) is 0 Å². The predicted molar refractivity (Wildman–Crippen MR) is 97.0 cm³/mol. The number of anilines is 2. The van der Waals surface area contributed by atoms with Crippen LogP contribution in [0.2, 0.25) is 0 Å². The van der Waals surface area contributed by atoms with Gasteiger partial charge in [0.2, 0.25) is 0 Å². The van der Waals surface area contributed by atoms with Crippen molar-refractivity contribution in [2.75, 3.05) is 10.2 Å². The Bertz CT molecular complexity index is 992. The molecule has 0 unspecified atom stereocenters. The molecule has 5 nitrogen and oxygen atoms in total. The quantitative estimate of drug-likeness (QED) is 0.704. The molecule has 1 amide bonds. The molecule has 1 aliphatic rings. The highest BCUT2D eigenvalue weighted by molar-refractivity contribution is 6.11. The maximum absolute atomic E-state index is 12.9. The van der Waals surface area contributed by atoms with Gasteiger partial charge in [0.15, 0.2) is 6.17 Å². The summed E-state index contributed by atoms with van der Waals surface area (Å²) in [4.78, 5) is 18.8. The summed E-state index contributed by atoms with van der Waals surface area (Å²) in [6, 6.07) is 17.8. The van der Waals surface area contributed by atoms with Crippen molar-refractivity contribution < 1.29 is 22.7 Å². The molecule has 0 bridgehead atoms. The van der Waals surface area contributed by atoms with Crippen molar-refractivity contribution in [3.63, 3.8) is 0 Å². The normalized spacial score (nSPS) is 16.0. The number of carbonyl (C=O) groups excluding carboxylic acids is 1. The second-order valence-corrected chi connectivity index (χ2v) is 6.07. The van der Waals surface area contributed by atoms with E-state index in [1.807, 2.05) is 18.2 Å². The number of hydrogen-bond acceptors (Lipinski definition) is 4. The lowest BCUT2D eigenvalue weighted by atomic mass is 10.2. The summed E-state index contributed by atoms with van der Waals surface area (Å²) >= 11 is 0. The third-order valence-electron chi connectivity index (χ3n) is 4.23. The first kappa shape index (κ1) is 17.8. The molecule has 0 saturated heterocycles. The van der Waals surface area contributed by atoms with Crippen molar-refractivity contribution in [2.24, 2.45) is 0 Å². The number of benzene rings is 2. The van der Waals surface area contributed by atoms with E-state index in [0.717, 1.165) is 0 Å². The molecule has 28 heavy (non-hydrogen) atoms. The monoisotopic (exact) mass is 385 g/mol. The van der Waals surface area contributed by atoms with Gasteiger partial charge in [0.25, 0.3) is 5.91 Å². The highest BCUT2D eigenvalue weighted by Gasteiger charge is 2.39. The average molecular weight is 385 g/mol. The van der Waals surface area contributed by atoms with Gasteiger partial charge in [-0.05, 0) is 48.5 Å². The topological polar surface area (TPSA) is 54.5 Å². The van der Waals surface area contributed by atoms with E-state index < -0.39 is 12.5 Å². The summed E-state index contributed by atoms with van der Waals surface area (Å²) < 4.78 is 40.9. The molecule has 1 N–H and O–H groups in total. The number of fused-ring (bicyclic) bond motifs is 1. The summed E-state index contributed by atoms with van der Waals surface area (Å²) in [5, 5.41) is 3.17. The Morgan fingerprint density at radius 2 is 1.68 bits per heavy atom. The Labute approximate surface area is 158 Å². The first-order valence-corrected chi connectivity index (χ1v) is 8.38. The van der Waals surface area contributed by atoms with Gasteiger partial charge in [-0.3, -0.25) is 14.7 Å². The average Bonchev–Trinajstić information content (AvgIpc) is 2.95. The summed E-state index contributed by atoms with van der Waals surface area (Å²) in [5.74, 6) is -0.525. The lowest BCUT2D eigenvalue weighted by molar-refractivity contribution is -0.274. The van der Waals surface area contributed by atoms with Gasteiger partial charge in [0, 0.05) is 17.6 Å². The third-order valence-corrected chi connectivity index (χ3v) is 4.23. The Hall–Kier alpha value is -3.55. The molecule has 2 heterocycles.